The van der Waals surface area contributed by atoms with Gasteiger partial charge in [-0.2, -0.15) is 0 Å². The Hall–Kier alpha value is -3.04. The normalized spacial score (nSPS) is 17.9. The number of carbonyl (C=O) groups is 1. The number of amides is 1. The number of hydrogen-bond donors (Lipinski definition) is 1. The lowest BCUT2D eigenvalue weighted by molar-refractivity contribution is -0.119. The largest absolute Gasteiger partial charge is 0.486 e. The third-order valence-electron chi connectivity index (χ3n) is 5.96. The topological polar surface area (TPSA) is 81.5 Å². The molecule has 34 heavy (non-hydrogen) atoms. The summed E-state index contributed by atoms with van der Waals surface area (Å²) in [5.74, 6) is 2.52. The maximum Gasteiger partial charge on any atom is 0.230 e. The molecule has 2 aromatic carbocycles. The van der Waals surface area contributed by atoms with Gasteiger partial charge in [-0.3, -0.25) is 14.3 Å². The van der Waals surface area contributed by atoms with Crippen molar-refractivity contribution in [1.82, 2.24) is 25.0 Å². The van der Waals surface area contributed by atoms with E-state index in [0.717, 1.165) is 42.1 Å². The average molecular weight is 480 g/mol. The van der Waals surface area contributed by atoms with Gasteiger partial charge < -0.3 is 14.8 Å². The zero-order valence-electron chi connectivity index (χ0n) is 19.1. The quantitative estimate of drug-likeness (QED) is 0.497. The molecular weight excluding hydrogens is 450 g/mol. The van der Waals surface area contributed by atoms with Crippen LogP contribution < -0.4 is 14.8 Å². The highest BCUT2D eigenvalue weighted by atomic mass is 32.2. The maximum absolute atomic E-state index is 12.6. The number of piperidine rings is 1. The number of fused-ring (bicyclic) bond motifs is 1. The minimum absolute atomic E-state index is 0.0762. The smallest absolute Gasteiger partial charge is 0.230 e. The molecule has 3 aromatic rings. The predicted molar refractivity (Wildman–Crippen MR) is 131 cm³/mol. The molecule has 178 valence electrons. The molecule has 0 radical (unpaired) electrons. The number of para-hydroxylation sites is 3. The minimum atomic E-state index is -0.215. The summed E-state index contributed by atoms with van der Waals surface area (Å²) in [5, 5.41) is 12.6. The van der Waals surface area contributed by atoms with Gasteiger partial charge in [0.25, 0.3) is 0 Å². The Kier molecular flexibility index (Phi) is 7.31. The molecule has 0 spiro atoms. The van der Waals surface area contributed by atoms with E-state index in [-0.39, 0.29) is 17.8 Å². The number of aromatic nitrogens is 3. The summed E-state index contributed by atoms with van der Waals surface area (Å²) in [7, 11) is 0. The molecule has 5 rings (SSSR count). The number of benzene rings is 2. The van der Waals surface area contributed by atoms with Crippen molar-refractivity contribution in [3.8, 4) is 17.2 Å². The Labute approximate surface area is 203 Å². The molecule has 0 saturated carbocycles. The standard InChI is InChI=1S/C25H29N5O3S/c31-24(26-15-20-17-32-21-11-5-6-12-22(21)33-20)18-34-25-28-27-23(16-29-13-7-2-8-14-29)30(25)19-9-3-1-4-10-19/h1,3-6,9-12,20H,2,7-8,13-18H2,(H,26,31). The number of nitrogens with zero attached hydrogens (tertiary/aromatic N) is 4. The van der Waals surface area contributed by atoms with Gasteiger partial charge in [0.05, 0.1) is 18.8 Å². The van der Waals surface area contributed by atoms with Crippen LogP contribution in [0.25, 0.3) is 5.69 Å². The van der Waals surface area contributed by atoms with Crippen LogP contribution in [0.5, 0.6) is 11.5 Å². The molecule has 1 amide bonds. The molecule has 1 saturated heterocycles. The van der Waals surface area contributed by atoms with E-state index >= 15 is 0 Å². The van der Waals surface area contributed by atoms with Crippen molar-refractivity contribution >= 4 is 17.7 Å². The van der Waals surface area contributed by atoms with E-state index in [1.165, 1.54) is 31.0 Å². The molecule has 1 aromatic heterocycles. The zero-order chi connectivity index (χ0) is 23.2. The summed E-state index contributed by atoms with van der Waals surface area (Å²) >= 11 is 1.39. The second kappa shape index (κ2) is 10.9. The SMILES string of the molecule is O=C(CSc1nnc(CN2CCCCC2)n1-c1ccccc1)NCC1COc2ccccc2O1. The lowest BCUT2D eigenvalue weighted by Gasteiger charge is -2.26. The number of carbonyl (C=O) groups excluding carboxylic acids is 1. The zero-order valence-corrected chi connectivity index (χ0v) is 19.9. The number of likely N-dealkylation sites (tertiary alicyclic amines) is 1. The first-order valence-corrected chi connectivity index (χ1v) is 12.7. The summed E-state index contributed by atoms with van der Waals surface area (Å²) in [5.41, 5.74) is 1.01. The summed E-state index contributed by atoms with van der Waals surface area (Å²) in [6.45, 7) is 3.73. The lowest BCUT2D eigenvalue weighted by Crippen LogP contribution is -2.41. The summed E-state index contributed by atoms with van der Waals surface area (Å²) in [6.07, 6.45) is 3.53. The Morgan fingerprint density at radius 2 is 1.76 bits per heavy atom. The van der Waals surface area contributed by atoms with Crippen LogP contribution in [-0.2, 0) is 11.3 Å². The number of rotatable bonds is 8. The van der Waals surface area contributed by atoms with Gasteiger partial charge in [0.1, 0.15) is 12.7 Å². The van der Waals surface area contributed by atoms with Gasteiger partial charge in [-0.25, -0.2) is 0 Å². The summed E-state index contributed by atoms with van der Waals surface area (Å²) in [4.78, 5) is 15.0. The molecular formula is C25H29N5O3S. The second-order valence-corrected chi connectivity index (χ2v) is 9.44. The van der Waals surface area contributed by atoms with E-state index in [9.17, 15) is 4.79 Å². The fourth-order valence-corrected chi connectivity index (χ4v) is 5.02. The Morgan fingerprint density at radius 1 is 1.00 bits per heavy atom. The van der Waals surface area contributed by atoms with Gasteiger partial charge in [-0.05, 0) is 50.2 Å². The van der Waals surface area contributed by atoms with Gasteiger partial charge in [0, 0.05) is 5.69 Å². The fourth-order valence-electron chi connectivity index (χ4n) is 4.22. The van der Waals surface area contributed by atoms with E-state index in [0.29, 0.717) is 18.9 Å². The van der Waals surface area contributed by atoms with Crippen LogP contribution >= 0.6 is 11.8 Å². The first kappa shape index (κ1) is 22.7. The van der Waals surface area contributed by atoms with E-state index in [1.807, 2.05) is 54.6 Å². The molecule has 1 atom stereocenters. The minimum Gasteiger partial charge on any atom is -0.486 e. The molecule has 9 heteroatoms. The van der Waals surface area contributed by atoms with Crippen molar-refractivity contribution in [2.45, 2.75) is 37.1 Å². The van der Waals surface area contributed by atoms with Crippen LogP contribution in [0.15, 0.2) is 59.8 Å². The monoisotopic (exact) mass is 479 g/mol. The van der Waals surface area contributed by atoms with Crippen LogP contribution in [-0.4, -0.2) is 63.7 Å². The van der Waals surface area contributed by atoms with Gasteiger partial charge in [0.2, 0.25) is 5.91 Å². The fraction of sp³-hybridized carbons (Fsp3) is 0.400. The molecule has 3 heterocycles. The molecule has 1 unspecified atom stereocenters. The van der Waals surface area contributed by atoms with Crippen molar-refractivity contribution in [2.75, 3.05) is 32.0 Å². The number of ether oxygens (including phenoxy) is 2. The third-order valence-corrected chi connectivity index (χ3v) is 6.88. The maximum atomic E-state index is 12.6. The highest BCUT2D eigenvalue weighted by Gasteiger charge is 2.22. The van der Waals surface area contributed by atoms with Crippen molar-refractivity contribution in [1.29, 1.82) is 0 Å². The Morgan fingerprint density at radius 3 is 2.59 bits per heavy atom. The van der Waals surface area contributed by atoms with E-state index in [1.54, 1.807) is 0 Å². The van der Waals surface area contributed by atoms with Gasteiger partial charge in [-0.1, -0.05) is 48.5 Å². The van der Waals surface area contributed by atoms with Crippen LogP contribution in [0.1, 0.15) is 25.1 Å². The van der Waals surface area contributed by atoms with Gasteiger partial charge in [-0.15, -0.1) is 10.2 Å². The van der Waals surface area contributed by atoms with Gasteiger partial charge >= 0.3 is 0 Å². The van der Waals surface area contributed by atoms with E-state index in [4.69, 9.17) is 9.47 Å². The highest BCUT2D eigenvalue weighted by molar-refractivity contribution is 7.99. The predicted octanol–water partition coefficient (Wildman–Crippen LogP) is 3.30. The van der Waals surface area contributed by atoms with Crippen molar-refractivity contribution in [2.24, 2.45) is 0 Å². The van der Waals surface area contributed by atoms with Crippen LogP contribution in [0.3, 0.4) is 0 Å². The van der Waals surface area contributed by atoms with E-state index in [2.05, 4.69) is 25.0 Å². The van der Waals surface area contributed by atoms with E-state index < -0.39 is 0 Å². The number of thioether (sulfide) groups is 1. The van der Waals surface area contributed by atoms with Crippen molar-refractivity contribution < 1.29 is 14.3 Å². The third kappa shape index (κ3) is 5.53. The molecule has 0 aliphatic carbocycles. The summed E-state index contributed by atoms with van der Waals surface area (Å²) in [6, 6.07) is 17.7. The molecule has 2 aliphatic rings. The van der Waals surface area contributed by atoms with Crippen LogP contribution in [0.2, 0.25) is 0 Å². The number of hydrogen-bond acceptors (Lipinski definition) is 7. The Balaban J connectivity index is 1.19. The molecule has 0 bridgehead atoms. The van der Waals surface area contributed by atoms with Crippen molar-refractivity contribution in [3.05, 3.63) is 60.4 Å². The summed E-state index contributed by atoms with van der Waals surface area (Å²) < 4.78 is 13.7. The first-order chi connectivity index (χ1) is 16.8. The van der Waals surface area contributed by atoms with Crippen molar-refractivity contribution in [3.63, 3.8) is 0 Å². The van der Waals surface area contributed by atoms with Crippen LogP contribution in [0, 0.1) is 0 Å². The highest BCUT2D eigenvalue weighted by Crippen LogP contribution is 2.30. The lowest BCUT2D eigenvalue weighted by atomic mass is 10.1. The van der Waals surface area contributed by atoms with Crippen LogP contribution in [0.4, 0.5) is 0 Å². The average Bonchev–Trinajstić information content (AvgIpc) is 3.29. The Bertz CT molecular complexity index is 1100. The number of nitrogens with one attached hydrogen (secondary N) is 1. The molecule has 2 aliphatic heterocycles. The molecule has 8 nitrogen and oxygen atoms in total. The first-order valence-electron chi connectivity index (χ1n) is 11.8. The molecule has 1 fully saturated rings. The second-order valence-electron chi connectivity index (χ2n) is 8.50. The van der Waals surface area contributed by atoms with Gasteiger partial charge in [0.15, 0.2) is 22.5 Å². The molecule has 1 N–H and O–H groups in total.